The van der Waals surface area contributed by atoms with Gasteiger partial charge in [-0.3, -0.25) is 9.69 Å². The van der Waals surface area contributed by atoms with Crippen LogP contribution in [0.1, 0.15) is 60.7 Å². The molecule has 2 aromatic carbocycles. The smallest absolute Gasteiger partial charge is 0.231 e. The summed E-state index contributed by atoms with van der Waals surface area (Å²) in [6.07, 6.45) is 4.94. The molecule has 0 atom stereocenters. The fraction of sp³-hybridized carbons (Fsp3) is 0.400. The average Bonchev–Trinajstić information content (AvgIpc) is 3.33. The lowest BCUT2D eigenvalue weighted by Crippen LogP contribution is -2.18. The van der Waals surface area contributed by atoms with Crippen molar-refractivity contribution >= 4 is 11.9 Å². The number of allylic oxidation sites excluding steroid dienone is 1. The van der Waals surface area contributed by atoms with E-state index in [1.54, 1.807) is 32.1 Å². The molecule has 0 aliphatic carbocycles. The summed E-state index contributed by atoms with van der Waals surface area (Å²) < 4.78 is 5.93. The molecule has 5 heteroatoms. The zero-order chi connectivity index (χ0) is 21.7. The van der Waals surface area contributed by atoms with Gasteiger partial charge in [0.15, 0.2) is 5.76 Å². The molecule has 2 aromatic rings. The number of hydrogen-bond acceptors (Lipinski definition) is 5. The molecule has 4 rings (SSSR count). The van der Waals surface area contributed by atoms with Gasteiger partial charge in [-0.1, -0.05) is 31.2 Å². The van der Waals surface area contributed by atoms with Gasteiger partial charge in [-0.2, -0.15) is 0 Å². The second-order valence-electron chi connectivity index (χ2n) is 8.05. The van der Waals surface area contributed by atoms with Crippen molar-refractivity contribution in [1.29, 1.82) is 0 Å². The standard InChI is InChI=1S/C22H23NO3.C3H8O/c1-2-15-5-7-16(8-6-15)13-20-21(25)17-9-10-19(24)18(22(17)26-20)14-23-11-3-4-12-23;1-3(2)4/h5-10,13,24H,2-4,11-12,14H2,1H3;3-4H,1-2H3. The molecule has 0 radical (unpaired) electrons. The van der Waals surface area contributed by atoms with Crippen molar-refractivity contribution in [2.24, 2.45) is 0 Å². The zero-order valence-corrected chi connectivity index (χ0v) is 18.0. The van der Waals surface area contributed by atoms with Crippen LogP contribution in [0.3, 0.4) is 0 Å². The van der Waals surface area contributed by atoms with Crippen LogP contribution in [0, 0.1) is 0 Å². The van der Waals surface area contributed by atoms with Crippen LogP contribution in [-0.4, -0.2) is 40.1 Å². The molecule has 2 aliphatic rings. The van der Waals surface area contributed by atoms with Gasteiger partial charge in [0.2, 0.25) is 5.78 Å². The molecule has 0 aromatic heterocycles. The third kappa shape index (κ3) is 5.29. The first-order valence-corrected chi connectivity index (χ1v) is 10.7. The number of rotatable bonds is 4. The monoisotopic (exact) mass is 409 g/mol. The normalized spacial score (nSPS) is 17.1. The number of ether oxygens (including phenoxy) is 1. The predicted octanol–water partition coefficient (Wildman–Crippen LogP) is 4.55. The van der Waals surface area contributed by atoms with Gasteiger partial charge in [-0.15, -0.1) is 0 Å². The fourth-order valence-electron chi connectivity index (χ4n) is 3.61. The number of ketones is 1. The number of phenolic OH excluding ortho intramolecular Hbond substituents is 1. The molecule has 160 valence electrons. The van der Waals surface area contributed by atoms with Crippen LogP contribution in [0.25, 0.3) is 6.08 Å². The summed E-state index contributed by atoms with van der Waals surface area (Å²) in [7, 11) is 0. The molecule has 0 unspecified atom stereocenters. The summed E-state index contributed by atoms with van der Waals surface area (Å²) in [6.45, 7) is 8.20. The zero-order valence-electron chi connectivity index (χ0n) is 18.0. The molecule has 1 saturated heterocycles. The van der Waals surface area contributed by atoms with Crippen molar-refractivity contribution in [1.82, 2.24) is 4.90 Å². The Hall–Kier alpha value is -2.63. The van der Waals surface area contributed by atoms with Crippen molar-refractivity contribution in [3.05, 3.63) is 64.4 Å². The second kappa shape index (κ2) is 9.92. The number of aromatic hydroxyl groups is 1. The van der Waals surface area contributed by atoms with Crippen LogP contribution >= 0.6 is 0 Å². The van der Waals surface area contributed by atoms with Gasteiger partial charge in [0.1, 0.15) is 11.5 Å². The summed E-state index contributed by atoms with van der Waals surface area (Å²) in [5.74, 6) is 0.898. The number of benzene rings is 2. The van der Waals surface area contributed by atoms with E-state index in [9.17, 15) is 9.90 Å². The van der Waals surface area contributed by atoms with Crippen molar-refractivity contribution in [3.63, 3.8) is 0 Å². The average molecular weight is 410 g/mol. The minimum atomic E-state index is -0.167. The lowest BCUT2D eigenvalue weighted by molar-refractivity contribution is 0.101. The largest absolute Gasteiger partial charge is 0.507 e. The van der Waals surface area contributed by atoms with E-state index in [0.717, 1.165) is 25.1 Å². The Labute approximate surface area is 178 Å². The molecule has 1 fully saturated rings. The van der Waals surface area contributed by atoms with Crippen molar-refractivity contribution < 1.29 is 19.7 Å². The van der Waals surface area contributed by atoms with Gasteiger partial charge in [0.05, 0.1) is 11.1 Å². The van der Waals surface area contributed by atoms with Gasteiger partial charge < -0.3 is 14.9 Å². The topological polar surface area (TPSA) is 70.0 Å². The quantitative estimate of drug-likeness (QED) is 0.725. The number of nitrogens with zero attached hydrogens (tertiary/aromatic N) is 1. The van der Waals surface area contributed by atoms with Gasteiger partial charge in [-0.25, -0.2) is 0 Å². The molecule has 0 bridgehead atoms. The van der Waals surface area contributed by atoms with E-state index < -0.39 is 0 Å². The highest BCUT2D eigenvalue weighted by Gasteiger charge is 2.31. The summed E-state index contributed by atoms with van der Waals surface area (Å²) in [5, 5.41) is 18.4. The summed E-state index contributed by atoms with van der Waals surface area (Å²) in [4.78, 5) is 15.0. The molecule has 0 amide bonds. The van der Waals surface area contributed by atoms with Crippen LogP contribution < -0.4 is 4.74 Å². The Morgan fingerprint density at radius 1 is 1.10 bits per heavy atom. The Balaban J connectivity index is 0.000000589. The Kier molecular flexibility index (Phi) is 7.29. The third-order valence-electron chi connectivity index (χ3n) is 5.18. The van der Waals surface area contributed by atoms with Gasteiger partial charge >= 0.3 is 0 Å². The van der Waals surface area contributed by atoms with E-state index in [2.05, 4.69) is 24.0 Å². The molecular formula is C25H31NO4. The van der Waals surface area contributed by atoms with E-state index >= 15 is 0 Å². The van der Waals surface area contributed by atoms with Crippen LogP contribution in [0.15, 0.2) is 42.2 Å². The minimum absolute atomic E-state index is 0.123. The first-order valence-electron chi connectivity index (χ1n) is 10.7. The molecule has 2 N–H and O–H groups in total. The second-order valence-corrected chi connectivity index (χ2v) is 8.05. The van der Waals surface area contributed by atoms with E-state index in [1.807, 2.05) is 12.1 Å². The number of carbonyl (C=O) groups excluding carboxylic acids is 1. The van der Waals surface area contributed by atoms with E-state index in [0.29, 0.717) is 29.2 Å². The SMILES string of the molecule is CC(C)O.CCc1ccc(C=C2Oc3c(ccc(O)c3CN3CCCC3)C2=O)cc1. The maximum atomic E-state index is 12.7. The van der Waals surface area contributed by atoms with Gasteiger partial charge in [0, 0.05) is 12.6 Å². The molecule has 30 heavy (non-hydrogen) atoms. The Bertz CT molecular complexity index is 907. The maximum Gasteiger partial charge on any atom is 0.231 e. The number of likely N-dealkylation sites (tertiary alicyclic amines) is 1. The van der Waals surface area contributed by atoms with Crippen LogP contribution in [-0.2, 0) is 13.0 Å². The highest BCUT2D eigenvalue weighted by Crippen LogP contribution is 2.40. The Morgan fingerprint density at radius 3 is 2.33 bits per heavy atom. The third-order valence-corrected chi connectivity index (χ3v) is 5.18. The first-order chi connectivity index (χ1) is 14.4. The number of hydrogen-bond donors (Lipinski definition) is 2. The fourth-order valence-corrected chi connectivity index (χ4v) is 3.61. The number of phenols is 1. The maximum absolute atomic E-state index is 12.7. The van der Waals surface area contributed by atoms with Crippen molar-refractivity contribution in [3.8, 4) is 11.5 Å². The number of aliphatic hydroxyl groups is 1. The number of aryl methyl sites for hydroxylation is 1. The number of fused-ring (bicyclic) bond motifs is 1. The molecule has 5 nitrogen and oxygen atoms in total. The molecule has 2 heterocycles. The van der Waals surface area contributed by atoms with Crippen LogP contribution in [0.5, 0.6) is 11.5 Å². The van der Waals surface area contributed by atoms with Crippen LogP contribution in [0.2, 0.25) is 0 Å². The Morgan fingerprint density at radius 2 is 1.73 bits per heavy atom. The number of aliphatic hydroxyl groups excluding tert-OH is 1. The minimum Gasteiger partial charge on any atom is -0.507 e. The van der Waals surface area contributed by atoms with Gasteiger partial charge in [0.25, 0.3) is 0 Å². The summed E-state index contributed by atoms with van der Waals surface area (Å²) in [5.41, 5.74) is 3.44. The summed E-state index contributed by atoms with van der Waals surface area (Å²) >= 11 is 0. The van der Waals surface area contributed by atoms with Crippen molar-refractivity contribution in [2.75, 3.05) is 13.1 Å². The number of carbonyl (C=O) groups is 1. The lowest BCUT2D eigenvalue weighted by Gasteiger charge is -2.17. The van der Waals surface area contributed by atoms with E-state index in [1.165, 1.54) is 18.4 Å². The van der Waals surface area contributed by atoms with Gasteiger partial charge in [-0.05, 0) is 75.5 Å². The van der Waals surface area contributed by atoms with Crippen LogP contribution in [0.4, 0.5) is 0 Å². The first kappa shape index (κ1) is 22.1. The number of Topliss-reactive ketones (excluding diaryl/α,β-unsaturated/α-hetero) is 1. The molecule has 0 saturated carbocycles. The summed E-state index contributed by atoms with van der Waals surface area (Å²) in [6, 6.07) is 11.4. The molecule has 0 spiro atoms. The molecular weight excluding hydrogens is 378 g/mol. The lowest BCUT2D eigenvalue weighted by atomic mass is 10.0. The van der Waals surface area contributed by atoms with E-state index in [4.69, 9.17) is 9.84 Å². The van der Waals surface area contributed by atoms with Crippen molar-refractivity contribution in [2.45, 2.75) is 52.7 Å². The highest BCUT2D eigenvalue weighted by atomic mass is 16.5. The van der Waals surface area contributed by atoms with E-state index in [-0.39, 0.29) is 17.6 Å². The predicted molar refractivity (Wildman–Crippen MR) is 119 cm³/mol. The molecule has 2 aliphatic heterocycles. The highest BCUT2D eigenvalue weighted by molar-refractivity contribution is 6.15.